The maximum Gasteiger partial charge on any atom is 0.222 e. The molecular formula is C22H17BrN4O. The van der Waals surface area contributed by atoms with Crippen molar-refractivity contribution in [1.82, 2.24) is 9.97 Å². The Labute approximate surface area is 171 Å². The predicted molar refractivity (Wildman–Crippen MR) is 116 cm³/mol. The molecule has 5 rings (SSSR count). The fourth-order valence-electron chi connectivity index (χ4n) is 3.51. The van der Waals surface area contributed by atoms with E-state index in [0.29, 0.717) is 5.82 Å². The molecule has 6 heteroatoms. The second-order valence-corrected chi connectivity index (χ2v) is 7.38. The number of hydrogen-bond donors (Lipinski definition) is 1. The van der Waals surface area contributed by atoms with Crippen molar-refractivity contribution >= 4 is 44.5 Å². The van der Waals surface area contributed by atoms with Gasteiger partial charge in [0.25, 0.3) is 0 Å². The second-order valence-electron chi connectivity index (χ2n) is 6.67. The third kappa shape index (κ3) is 2.96. The van der Waals surface area contributed by atoms with Crippen LogP contribution in [0.5, 0.6) is 5.75 Å². The molecule has 1 aromatic heterocycles. The second kappa shape index (κ2) is 6.80. The molecule has 0 fully saturated rings. The van der Waals surface area contributed by atoms with Crippen LogP contribution in [-0.4, -0.2) is 16.6 Å². The number of ether oxygens (including phenoxy) is 1. The maximum absolute atomic E-state index is 5.97. The molecule has 1 aliphatic rings. The van der Waals surface area contributed by atoms with Crippen LogP contribution >= 0.6 is 16.1 Å². The molecule has 5 nitrogen and oxygen atoms in total. The molecule has 1 aliphatic heterocycles. The molecule has 0 saturated carbocycles. The quantitative estimate of drug-likeness (QED) is 0.447. The van der Waals surface area contributed by atoms with E-state index in [4.69, 9.17) is 10.5 Å². The van der Waals surface area contributed by atoms with E-state index in [-0.39, 0.29) is 5.95 Å². The number of fused-ring (bicyclic) bond motifs is 2. The van der Waals surface area contributed by atoms with Gasteiger partial charge in [-0.1, -0.05) is 30.3 Å². The van der Waals surface area contributed by atoms with Crippen molar-refractivity contribution in [3.05, 3.63) is 72.3 Å². The van der Waals surface area contributed by atoms with Crippen molar-refractivity contribution in [2.75, 3.05) is 16.3 Å². The lowest BCUT2D eigenvalue weighted by molar-refractivity contribution is 0.357. The predicted octanol–water partition coefficient (Wildman–Crippen LogP) is 5.26. The number of benzene rings is 3. The molecular weight excluding hydrogens is 416 g/mol. The minimum Gasteiger partial charge on any atom is -0.493 e. The van der Waals surface area contributed by atoms with Gasteiger partial charge in [-0.25, -0.2) is 4.98 Å². The zero-order chi connectivity index (χ0) is 19.1. The molecule has 0 amide bonds. The van der Waals surface area contributed by atoms with Crippen LogP contribution in [0.3, 0.4) is 0 Å². The Morgan fingerprint density at radius 3 is 2.57 bits per heavy atom. The standard InChI is InChI=1S/C22H17BrN4O/c23-27(17-4-2-1-3-5-17)21-18-13-15(6-8-19(18)25-22(24)26-21)14-7-9-20-16(12-14)10-11-28-20/h1-9,12-13H,10-11H2,(H2,24,25,26). The normalized spacial score (nSPS) is 12.6. The van der Waals surface area contributed by atoms with Gasteiger partial charge in [0.1, 0.15) is 5.75 Å². The number of para-hydroxylation sites is 1. The Hall–Kier alpha value is -3.12. The highest BCUT2D eigenvalue weighted by molar-refractivity contribution is 9.10. The minimum absolute atomic E-state index is 0.241. The third-order valence-corrected chi connectivity index (χ3v) is 5.63. The SMILES string of the molecule is Nc1nc(N(Br)c2ccccc2)c2cc(-c3ccc4c(c3)CCO4)ccc2n1. The summed E-state index contributed by atoms with van der Waals surface area (Å²) < 4.78 is 7.48. The van der Waals surface area contributed by atoms with Crippen molar-refractivity contribution in [2.45, 2.75) is 6.42 Å². The molecule has 0 saturated heterocycles. The number of hydrogen-bond acceptors (Lipinski definition) is 5. The molecule has 2 heterocycles. The van der Waals surface area contributed by atoms with Crippen molar-refractivity contribution in [2.24, 2.45) is 0 Å². The molecule has 0 unspecified atom stereocenters. The lowest BCUT2D eigenvalue weighted by Gasteiger charge is -2.18. The van der Waals surface area contributed by atoms with E-state index >= 15 is 0 Å². The Morgan fingerprint density at radius 1 is 0.929 bits per heavy atom. The van der Waals surface area contributed by atoms with Crippen LogP contribution in [0.25, 0.3) is 22.0 Å². The average molecular weight is 433 g/mol. The summed E-state index contributed by atoms with van der Waals surface area (Å²) in [7, 11) is 0. The fourth-order valence-corrected chi connectivity index (χ4v) is 4.01. The molecule has 0 bridgehead atoms. The lowest BCUT2D eigenvalue weighted by atomic mass is 10.0. The zero-order valence-electron chi connectivity index (χ0n) is 15.0. The zero-order valence-corrected chi connectivity index (χ0v) is 16.6. The van der Waals surface area contributed by atoms with Gasteiger partial charge in [0, 0.05) is 11.8 Å². The first-order valence-electron chi connectivity index (χ1n) is 9.03. The van der Waals surface area contributed by atoms with Crippen molar-refractivity contribution in [3.63, 3.8) is 0 Å². The monoisotopic (exact) mass is 432 g/mol. The van der Waals surface area contributed by atoms with Gasteiger partial charge in [0.2, 0.25) is 5.95 Å². The molecule has 3 aromatic carbocycles. The number of aromatic nitrogens is 2. The van der Waals surface area contributed by atoms with E-state index < -0.39 is 0 Å². The third-order valence-electron chi connectivity index (χ3n) is 4.88. The fraction of sp³-hybridized carbons (Fsp3) is 0.0909. The van der Waals surface area contributed by atoms with Gasteiger partial charge in [-0.05, 0) is 53.1 Å². The van der Waals surface area contributed by atoms with Gasteiger partial charge in [-0.2, -0.15) is 4.98 Å². The van der Waals surface area contributed by atoms with E-state index in [1.807, 2.05) is 46.4 Å². The van der Waals surface area contributed by atoms with E-state index in [2.05, 4.69) is 50.4 Å². The lowest BCUT2D eigenvalue weighted by Crippen LogP contribution is -2.07. The number of rotatable bonds is 3. The van der Waals surface area contributed by atoms with Crippen molar-refractivity contribution in [1.29, 1.82) is 0 Å². The summed E-state index contributed by atoms with van der Waals surface area (Å²) in [6, 6.07) is 22.4. The van der Waals surface area contributed by atoms with E-state index in [0.717, 1.165) is 46.5 Å². The summed E-state index contributed by atoms with van der Waals surface area (Å²) in [5, 5.41) is 0.921. The molecule has 0 atom stereocenters. The Morgan fingerprint density at radius 2 is 1.71 bits per heavy atom. The van der Waals surface area contributed by atoms with Crippen LogP contribution < -0.4 is 14.4 Å². The Kier molecular flexibility index (Phi) is 4.13. The molecule has 28 heavy (non-hydrogen) atoms. The van der Waals surface area contributed by atoms with Crippen LogP contribution in [-0.2, 0) is 6.42 Å². The first kappa shape index (κ1) is 17.0. The van der Waals surface area contributed by atoms with Gasteiger partial charge in [0.15, 0.2) is 5.82 Å². The molecule has 0 aliphatic carbocycles. The van der Waals surface area contributed by atoms with Crippen LogP contribution in [0.1, 0.15) is 5.56 Å². The van der Waals surface area contributed by atoms with E-state index in [1.54, 1.807) is 0 Å². The van der Waals surface area contributed by atoms with Gasteiger partial charge >= 0.3 is 0 Å². The molecule has 0 radical (unpaired) electrons. The van der Waals surface area contributed by atoms with Gasteiger partial charge in [0.05, 0.1) is 34.0 Å². The average Bonchev–Trinajstić information content (AvgIpc) is 3.21. The minimum atomic E-state index is 0.241. The van der Waals surface area contributed by atoms with Gasteiger partial charge in [-0.3, -0.25) is 3.93 Å². The molecule has 138 valence electrons. The number of anilines is 3. The largest absolute Gasteiger partial charge is 0.493 e. The number of nitrogens with zero attached hydrogens (tertiary/aromatic N) is 3. The molecule has 4 aromatic rings. The highest BCUT2D eigenvalue weighted by Crippen LogP contribution is 2.36. The summed E-state index contributed by atoms with van der Waals surface area (Å²) in [6.45, 7) is 0.753. The number of nitrogens with two attached hydrogens (primary N) is 1. The van der Waals surface area contributed by atoms with Crippen LogP contribution in [0.2, 0.25) is 0 Å². The Balaban J connectivity index is 1.65. The summed E-state index contributed by atoms with van der Waals surface area (Å²) in [6.07, 6.45) is 0.949. The summed E-state index contributed by atoms with van der Waals surface area (Å²) >= 11 is 3.64. The van der Waals surface area contributed by atoms with E-state index in [1.165, 1.54) is 5.56 Å². The van der Waals surface area contributed by atoms with Crippen molar-refractivity contribution in [3.8, 4) is 16.9 Å². The Bertz CT molecular complexity index is 1180. The first-order valence-corrected chi connectivity index (χ1v) is 9.74. The summed E-state index contributed by atoms with van der Waals surface area (Å²) in [4.78, 5) is 8.90. The maximum atomic E-state index is 5.97. The number of halogens is 1. The summed E-state index contributed by atoms with van der Waals surface area (Å²) in [5.74, 6) is 1.93. The summed E-state index contributed by atoms with van der Waals surface area (Å²) in [5.41, 5.74) is 11.2. The number of nitrogen functional groups attached to an aromatic ring is 1. The van der Waals surface area contributed by atoms with Gasteiger partial charge < -0.3 is 10.5 Å². The van der Waals surface area contributed by atoms with Crippen molar-refractivity contribution < 1.29 is 4.74 Å². The smallest absolute Gasteiger partial charge is 0.222 e. The van der Waals surface area contributed by atoms with Crippen LogP contribution in [0.15, 0.2) is 66.7 Å². The molecule has 0 spiro atoms. The highest BCUT2D eigenvalue weighted by atomic mass is 79.9. The first-order chi connectivity index (χ1) is 13.7. The van der Waals surface area contributed by atoms with E-state index in [9.17, 15) is 0 Å². The topological polar surface area (TPSA) is 64.3 Å². The van der Waals surface area contributed by atoms with Crippen LogP contribution in [0, 0.1) is 0 Å². The van der Waals surface area contributed by atoms with Gasteiger partial charge in [-0.15, -0.1) is 0 Å². The molecule has 2 N–H and O–H groups in total. The van der Waals surface area contributed by atoms with Crippen LogP contribution in [0.4, 0.5) is 17.5 Å². The highest BCUT2D eigenvalue weighted by Gasteiger charge is 2.16.